The standard InChI is InChI=1S/C15H9Cl2NO2/c16-12-5-2-6-13(17)14(12)15(19)20-9-11-4-1-3-10(7-11)8-18/h1-7H,9H2. The molecule has 0 bridgehead atoms. The molecule has 0 atom stereocenters. The second-order valence-corrected chi connectivity index (χ2v) is 4.80. The molecule has 3 nitrogen and oxygen atoms in total. The minimum Gasteiger partial charge on any atom is -0.457 e. The Bertz CT molecular complexity index is 672. The number of nitriles is 1. The summed E-state index contributed by atoms with van der Waals surface area (Å²) in [5.41, 5.74) is 1.38. The second kappa shape index (κ2) is 6.42. The highest BCUT2D eigenvalue weighted by Crippen LogP contribution is 2.25. The van der Waals surface area contributed by atoms with Crippen molar-refractivity contribution in [3.8, 4) is 6.07 Å². The molecule has 0 heterocycles. The first-order valence-electron chi connectivity index (χ1n) is 5.72. The predicted molar refractivity (Wildman–Crippen MR) is 76.7 cm³/mol. The molecule has 0 fully saturated rings. The summed E-state index contributed by atoms with van der Waals surface area (Å²) in [6.07, 6.45) is 0. The van der Waals surface area contributed by atoms with Crippen molar-refractivity contribution in [2.24, 2.45) is 0 Å². The number of hydrogen-bond donors (Lipinski definition) is 0. The lowest BCUT2D eigenvalue weighted by Crippen LogP contribution is -2.06. The van der Waals surface area contributed by atoms with Gasteiger partial charge in [-0.1, -0.05) is 41.4 Å². The van der Waals surface area contributed by atoms with E-state index in [-0.39, 0.29) is 22.2 Å². The molecule has 0 N–H and O–H groups in total. The third-order valence-corrected chi connectivity index (χ3v) is 3.22. The van der Waals surface area contributed by atoms with E-state index < -0.39 is 5.97 Å². The molecule has 0 aliphatic carbocycles. The Morgan fingerprint density at radius 1 is 1.15 bits per heavy atom. The van der Waals surface area contributed by atoms with Gasteiger partial charge in [0.05, 0.1) is 27.2 Å². The quantitative estimate of drug-likeness (QED) is 0.798. The minimum atomic E-state index is -0.594. The van der Waals surface area contributed by atoms with Crippen molar-refractivity contribution in [2.45, 2.75) is 6.61 Å². The van der Waals surface area contributed by atoms with Crippen molar-refractivity contribution in [2.75, 3.05) is 0 Å². The van der Waals surface area contributed by atoms with Crippen LogP contribution in [0.4, 0.5) is 0 Å². The molecule has 0 saturated carbocycles. The van der Waals surface area contributed by atoms with Gasteiger partial charge >= 0.3 is 5.97 Å². The summed E-state index contributed by atoms with van der Waals surface area (Å²) in [5, 5.41) is 9.29. The van der Waals surface area contributed by atoms with E-state index in [1.54, 1.807) is 42.5 Å². The molecule has 0 amide bonds. The number of nitrogens with zero attached hydrogens (tertiary/aromatic N) is 1. The zero-order chi connectivity index (χ0) is 14.5. The lowest BCUT2D eigenvalue weighted by molar-refractivity contribution is 0.0473. The largest absolute Gasteiger partial charge is 0.457 e. The fraction of sp³-hybridized carbons (Fsp3) is 0.0667. The van der Waals surface area contributed by atoms with Gasteiger partial charge in [0.1, 0.15) is 6.61 Å². The van der Waals surface area contributed by atoms with E-state index in [1.807, 2.05) is 6.07 Å². The van der Waals surface area contributed by atoms with Gasteiger partial charge in [-0.05, 0) is 29.8 Å². The molecule has 5 heteroatoms. The Kier molecular flexibility index (Phi) is 4.62. The molecule has 2 aromatic rings. The van der Waals surface area contributed by atoms with Gasteiger partial charge in [-0.2, -0.15) is 5.26 Å². The average molecular weight is 306 g/mol. The SMILES string of the molecule is N#Cc1cccc(COC(=O)c2c(Cl)cccc2Cl)c1. The van der Waals surface area contributed by atoms with Gasteiger partial charge in [-0.15, -0.1) is 0 Å². The van der Waals surface area contributed by atoms with Gasteiger partial charge in [-0.3, -0.25) is 0 Å². The molecule has 0 spiro atoms. The molecule has 0 unspecified atom stereocenters. The summed E-state index contributed by atoms with van der Waals surface area (Å²) in [7, 11) is 0. The maximum atomic E-state index is 12.0. The summed E-state index contributed by atoms with van der Waals surface area (Å²) in [5.74, 6) is -0.594. The number of esters is 1. The summed E-state index contributed by atoms with van der Waals surface area (Å²) in [6.45, 7) is 0.0515. The topological polar surface area (TPSA) is 50.1 Å². The van der Waals surface area contributed by atoms with Gasteiger partial charge in [0.15, 0.2) is 0 Å². The molecule has 0 radical (unpaired) electrons. The molecule has 0 saturated heterocycles. The van der Waals surface area contributed by atoms with Crippen LogP contribution in [-0.4, -0.2) is 5.97 Å². The maximum absolute atomic E-state index is 12.0. The van der Waals surface area contributed by atoms with Crippen molar-refractivity contribution < 1.29 is 9.53 Å². The number of ether oxygens (including phenoxy) is 1. The number of rotatable bonds is 3. The van der Waals surface area contributed by atoms with Crippen LogP contribution in [0.15, 0.2) is 42.5 Å². The van der Waals surface area contributed by atoms with E-state index in [9.17, 15) is 4.79 Å². The van der Waals surface area contributed by atoms with Gasteiger partial charge in [0.25, 0.3) is 0 Å². The van der Waals surface area contributed by atoms with E-state index in [1.165, 1.54) is 0 Å². The van der Waals surface area contributed by atoms with Crippen molar-refractivity contribution in [1.82, 2.24) is 0 Å². The van der Waals surface area contributed by atoms with E-state index in [4.69, 9.17) is 33.2 Å². The number of benzene rings is 2. The van der Waals surface area contributed by atoms with Gasteiger partial charge in [-0.25, -0.2) is 4.79 Å². The zero-order valence-electron chi connectivity index (χ0n) is 10.3. The zero-order valence-corrected chi connectivity index (χ0v) is 11.8. The van der Waals surface area contributed by atoms with Crippen LogP contribution < -0.4 is 0 Å². The molecule has 20 heavy (non-hydrogen) atoms. The van der Waals surface area contributed by atoms with Crippen LogP contribution in [0.5, 0.6) is 0 Å². The summed E-state index contributed by atoms with van der Waals surface area (Å²) < 4.78 is 5.16. The molecule has 2 rings (SSSR count). The highest BCUT2D eigenvalue weighted by Gasteiger charge is 2.15. The number of carbonyl (C=O) groups excluding carboxylic acids is 1. The molecule has 100 valence electrons. The van der Waals surface area contributed by atoms with E-state index in [2.05, 4.69) is 0 Å². The van der Waals surface area contributed by atoms with Crippen LogP contribution in [0.3, 0.4) is 0 Å². The van der Waals surface area contributed by atoms with Crippen molar-refractivity contribution in [3.63, 3.8) is 0 Å². The summed E-state index contributed by atoms with van der Waals surface area (Å²) >= 11 is 11.9. The minimum absolute atomic E-state index is 0.0515. The third-order valence-electron chi connectivity index (χ3n) is 2.59. The Hall–Kier alpha value is -2.02. The van der Waals surface area contributed by atoms with Crippen LogP contribution in [0, 0.1) is 11.3 Å². The van der Waals surface area contributed by atoms with Crippen molar-refractivity contribution >= 4 is 29.2 Å². The van der Waals surface area contributed by atoms with Crippen molar-refractivity contribution in [3.05, 3.63) is 69.2 Å². The van der Waals surface area contributed by atoms with E-state index in [0.29, 0.717) is 5.56 Å². The maximum Gasteiger partial charge on any atom is 0.341 e. The van der Waals surface area contributed by atoms with Gasteiger partial charge in [0, 0.05) is 0 Å². The van der Waals surface area contributed by atoms with Crippen LogP contribution in [0.2, 0.25) is 10.0 Å². The summed E-state index contributed by atoms with van der Waals surface area (Å²) in [4.78, 5) is 12.0. The smallest absolute Gasteiger partial charge is 0.341 e. The average Bonchev–Trinajstić information content (AvgIpc) is 2.45. The molecule has 0 aliphatic rings. The first-order chi connectivity index (χ1) is 9.61. The lowest BCUT2D eigenvalue weighted by atomic mass is 10.1. The monoisotopic (exact) mass is 305 g/mol. The molecular weight excluding hydrogens is 297 g/mol. The third kappa shape index (κ3) is 3.30. The predicted octanol–water partition coefficient (Wildman–Crippen LogP) is 4.22. The first-order valence-corrected chi connectivity index (χ1v) is 6.47. The second-order valence-electron chi connectivity index (χ2n) is 3.98. The molecular formula is C15H9Cl2NO2. The fourth-order valence-electron chi connectivity index (χ4n) is 1.64. The van der Waals surface area contributed by atoms with Crippen LogP contribution in [0.1, 0.15) is 21.5 Å². The normalized spacial score (nSPS) is 9.85. The van der Waals surface area contributed by atoms with Gasteiger partial charge in [0.2, 0.25) is 0 Å². The van der Waals surface area contributed by atoms with Crippen LogP contribution in [0.25, 0.3) is 0 Å². The Balaban J connectivity index is 2.11. The Labute approximate surface area is 126 Å². The fourth-order valence-corrected chi connectivity index (χ4v) is 2.20. The van der Waals surface area contributed by atoms with E-state index >= 15 is 0 Å². The van der Waals surface area contributed by atoms with Crippen LogP contribution in [-0.2, 0) is 11.3 Å². The Morgan fingerprint density at radius 2 is 1.80 bits per heavy atom. The number of halogens is 2. The Morgan fingerprint density at radius 3 is 2.45 bits per heavy atom. The highest BCUT2D eigenvalue weighted by molar-refractivity contribution is 6.39. The molecule has 2 aromatic carbocycles. The lowest BCUT2D eigenvalue weighted by Gasteiger charge is -2.08. The van der Waals surface area contributed by atoms with Crippen LogP contribution >= 0.6 is 23.2 Å². The molecule has 0 aliphatic heterocycles. The number of carbonyl (C=O) groups is 1. The summed E-state index contributed by atoms with van der Waals surface area (Å²) in [6, 6.07) is 13.6. The molecule has 0 aromatic heterocycles. The van der Waals surface area contributed by atoms with E-state index in [0.717, 1.165) is 5.56 Å². The van der Waals surface area contributed by atoms with Gasteiger partial charge < -0.3 is 4.74 Å². The first kappa shape index (κ1) is 14.4. The van der Waals surface area contributed by atoms with Crippen molar-refractivity contribution in [1.29, 1.82) is 5.26 Å². The number of hydrogen-bond acceptors (Lipinski definition) is 3. The highest BCUT2D eigenvalue weighted by atomic mass is 35.5.